The molecule has 6 heteroatoms. The van der Waals surface area contributed by atoms with Crippen molar-refractivity contribution in [3.8, 4) is 5.69 Å². The first-order valence-electron chi connectivity index (χ1n) is 4.58. The van der Waals surface area contributed by atoms with E-state index in [9.17, 15) is 4.79 Å². The second-order valence-electron chi connectivity index (χ2n) is 3.02. The Labute approximate surface area is 96.1 Å². The van der Waals surface area contributed by atoms with Gasteiger partial charge in [0.1, 0.15) is 5.03 Å². The fourth-order valence-corrected chi connectivity index (χ4v) is 1.70. The summed E-state index contributed by atoms with van der Waals surface area (Å²) in [6.45, 7) is 0. The van der Waals surface area contributed by atoms with Crippen molar-refractivity contribution in [1.29, 1.82) is 0 Å². The minimum Gasteiger partial charge on any atom is -0.481 e. The van der Waals surface area contributed by atoms with Crippen LogP contribution >= 0.6 is 11.8 Å². The number of aliphatic carboxylic acids is 1. The number of thioether (sulfide) groups is 1. The van der Waals surface area contributed by atoms with E-state index in [0.717, 1.165) is 17.4 Å². The van der Waals surface area contributed by atoms with E-state index in [1.807, 2.05) is 30.3 Å². The lowest BCUT2D eigenvalue weighted by atomic mass is 10.3. The molecule has 0 atom stereocenters. The molecule has 5 nitrogen and oxygen atoms in total. The predicted octanol–water partition coefficient (Wildman–Crippen LogP) is 1.44. The van der Waals surface area contributed by atoms with Crippen LogP contribution in [0.15, 0.2) is 41.6 Å². The highest BCUT2D eigenvalue weighted by molar-refractivity contribution is 7.99. The van der Waals surface area contributed by atoms with Crippen molar-refractivity contribution in [2.45, 2.75) is 5.03 Å². The van der Waals surface area contributed by atoms with Crippen molar-refractivity contribution in [2.75, 3.05) is 5.75 Å². The number of nitrogens with zero attached hydrogens (tertiary/aromatic N) is 3. The number of benzene rings is 1. The lowest BCUT2D eigenvalue weighted by molar-refractivity contribution is -0.133. The summed E-state index contributed by atoms with van der Waals surface area (Å²) in [4.78, 5) is 10.4. The van der Waals surface area contributed by atoms with Gasteiger partial charge in [-0.3, -0.25) is 4.79 Å². The van der Waals surface area contributed by atoms with Crippen LogP contribution in [0.5, 0.6) is 0 Å². The van der Waals surface area contributed by atoms with Gasteiger partial charge in [-0.1, -0.05) is 35.2 Å². The van der Waals surface area contributed by atoms with Gasteiger partial charge in [-0.25, -0.2) is 4.68 Å². The number of carboxylic acid groups (broad SMARTS) is 1. The maximum Gasteiger partial charge on any atom is 0.313 e. The fourth-order valence-electron chi connectivity index (χ4n) is 1.16. The number of rotatable bonds is 4. The van der Waals surface area contributed by atoms with Crippen molar-refractivity contribution in [1.82, 2.24) is 15.0 Å². The van der Waals surface area contributed by atoms with Crippen LogP contribution in [0.25, 0.3) is 5.69 Å². The van der Waals surface area contributed by atoms with Crippen LogP contribution in [-0.2, 0) is 4.79 Å². The van der Waals surface area contributed by atoms with Crippen molar-refractivity contribution < 1.29 is 9.90 Å². The second kappa shape index (κ2) is 4.80. The van der Waals surface area contributed by atoms with E-state index in [4.69, 9.17) is 5.11 Å². The summed E-state index contributed by atoms with van der Waals surface area (Å²) in [6.07, 6.45) is 1.71. The van der Waals surface area contributed by atoms with Gasteiger partial charge in [-0.2, -0.15) is 0 Å². The van der Waals surface area contributed by atoms with E-state index in [-0.39, 0.29) is 5.75 Å². The quantitative estimate of drug-likeness (QED) is 0.812. The molecule has 82 valence electrons. The standard InChI is InChI=1S/C10H9N3O2S/c14-10(15)7-16-9-6-13(12-11-9)8-4-2-1-3-5-8/h1-6H,7H2,(H,14,15). The van der Waals surface area contributed by atoms with Crippen LogP contribution < -0.4 is 0 Å². The molecule has 0 fully saturated rings. The Hall–Kier alpha value is -1.82. The molecule has 1 aromatic carbocycles. The van der Waals surface area contributed by atoms with E-state index >= 15 is 0 Å². The normalized spacial score (nSPS) is 10.2. The van der Waals surface area contributed by atoms with Crippen molar-refractivity contribution in [3.05, 3.63) is 36.5 Å². The Morgan fingerprint density at radius 1 is 1.38 bits per heavy atom. The van der Waals surface area contributed by atoms with Crippen molar-refractivity contribution in [3.63, 3.8) is 0 Å². The average molecular weight is 235 g/mol. The molecule has 0 radical (unpaired) electrons. The lowest BCUT2D eigenvalue weighted by Crippen LogP contribution is -1.97. The molecule has 0 spiro atoms. The SMILES string of the molecule is O=C(O)CSc1cn(-c2ccccc2)nn1. The number of aromatic nitrogens is 3. The molecule has 0 saturated carbocycles. The molecule has 0 bridgehead atoms. The molecule has 1 aromatic heterocycles. The highest BCUT2D eigenvalue weighted by Crippen LogP contribution is 2.15. The number of hydrogen-bond donors (Lipinski definition) is 1. The topological polar surface area (TPSA) is 68.0 Å². The smallest absolute Gasteiger partial charge is 0.313 e. The number of para-hydroxylation sites is 1. The number of hydrogen-bond acceptors (Lipinski definition) is 4. The molecule has 0 amide bonds. The molecule has 0 aliphatic carbocycles. The Morgan fingerprint density at radius 3 is 2.81 bits per heavy atom. The summed E-state index contributed by atoms with van der Waals surface area (Å²) in [5.74, 6) is -0.868. The molecule has 0 aliphatic heterocycles. The van der Waals surface area contributed by atoms with E-state index in [1.165, 1.54) is 0 Å². The highest BCUT2D eigenvalue weighted by Gasteiger charge is 2.05. The fraction of sp³-hybridized carbons (Fsp3) is 0.100. The maximum absolute atomic E-state index is 10.4. The van der Waals surface area contributed by atoms with Crippen LogP contribution in [0.2, 0.25) is 0 Å². The summed E-state index contributed by atoms with van der Waals surface area (Å²) < 4.78 is 1.62. The first-order valence-corrected chi connectivity index (χ1v) is 5.56. The molecular formula is C10H9N3O2S. The third-order valence-electron chi connectivity index (χ3n) is 1.84. The molecule has 1 heterocycles. The monoisotopic (exact) mass is 235 g/mol. The zero-order chi connectivity index (χ0) is 11.4. The summed E-state index contributed by atoms with van der Waals surface area (Å²) in [6, 6.07) is 9.53. The minimum atomic E-state index is -0.862. The largest absolute Gasteiger partial charge is 0.481 e. The molecule has 0 saturated heterocycles. The summed E-state index contributed by atoms with van der Waals surface area (Å²) in [5, 5.41) is 16.9. The molecule has 0 aliphatic rings. The highest BCUT2D eigenvalue weighted by atomic mass is 32.2. The van der Waals surface area contributed by atoms with E-state index in [2.05, 4.69) is 10.3 Å². The van der Waals surface area contributed by atoms with Gasteiger partial charge in [0, 0.05) is 0 Å². The van der Waals surface area contributed by atoms with Crippen LogP contribution in [-0.4, -0.2) is 31.8 Å². The van der Waals surface area contributed by atoms with Crippen LogP contribution in [0, 0.1) is 0 Å². The third-order valence-corrected chi connectivity index (χ3v) is 2.71. The lowest BCUT2D eigenvalue weighted by Gasteiger charge is -1.96. The van der Waals surface area contributed by atoms with Crippen LogP contribution in [0.4, 0.5) is 0 Å². The molecule has 2 aromatic rings. The van der Waals surface area contributed by atoms with E-state index in [0.29, 0.717) is 5.03 Å². The summed E-state index contributed by atoms with van der Waals surface area (Å²) in [5.41, 5.74) is 0.900. The average Bonchev–Trinajstić information content (AvgIpc) is 2.76. The minimum absolute atomic E-state index is 0.00647. The molecule has 2 rings (SSSR count). The van der Waals surface area contributed by atoms with E-state index in [1.54, 1.807) is 10.9 Å². The Morgan fingerprint density at radius 2 is 2.12 bits per heavy atom. The molecule has 0 unspecified atom stereocenters. The second-order valence-corrected chi connectivity index (χ2v) is 4.01. The van der Waals surface area contributed by atoms with E-state index < -0.39 is 5.97 Å². The summed E-state index contributed by atoms with van der Waals surface area (Å²) >= 11 is 1.15. The molecule has 16 heavy (non-hydrogen) atoms. The maximum atomic E-state index is 10.4. The predicted molar refractivity (Wildman–Crippen MR) is 59.7 cm³/mol. The van der Waals surface area contributed by atoms with Gasteiger partial charge in [-0.05, 0) is 12.1 Å². The van der Waals surface area contributed by atoms with Crippen LogP contribution in [0.3, 0.4) is 0 Å². The van der Waals surface area contributed by atoms with Crippen LogP contribution in [0.1, 0.15) is 0 Å². The van der Waals surface area contributed by atoms with Gasteiger partial charge in [0.2, 0.25) is 0 Å². The Bertz CT molecular complexity index is 484. The van der Waals surface area contributed by atoms with Gasteiger partial charge < -0.3 is 5.11 Å². The van der Waals surface area contributed by atoms with Crippen molar-refractivity contribution in [2.24, 2.45) is 0 Å². The van der Waals surface area contributed by atoms with Gasteiger partial charge in [0.05, 0.1) is 17.6 Å². The first kappa shape index (κ1) is 10.7. The van der Waals surface area contributed by atoms with Crippen molar-refractivity contribution >= 4 is 17.7 Å². The van der Waals surface area contributed by atoms with Gasteiger partial charge >= 0.3 is 5.97 Å². The van der Waals surface area contributed by atoms with Gasteiger partial charge in [-0.15, -0.1) is 5.10 Å². The number of carbonyl (C=O) groups is 1. The Balaban J connectivity index is 2.11. The molecular weight excluding hydrogens is 226 g/mol. The number of carboxylic acids is 1. The zero-order valence-electron chi connectivity index (χ0n) is 8.28. The molecule has 1 N–H and O–H groups in total. The Kier molecular flexibility index (Phi) is 3.21. The zero-order valence-corrected chi connectivity index (χ0v) is 9.09. The third kappa shape index (κ3) is 2.60. The van der Waals surface area contributed by atoms with Gasteiger partial charge in [0.25, 0.3) is 0 Å². The summed E-state index contributed by atoms with van der Waals surface area (Å²) in [7, 11) is 0. The van der Waals surface area contributed by atoms with Gasteiger partial charge in [0.15, 0.2) is 0 Å². The first-order chi connectivity index (χ1) is 7.75.